The molecule has 0 bridgehead atoms. The normalized spacial score (nSPS) is 46.2. The highest BCUT2D eigenvalue weighted by atomic mass is 79.9. The molecule has 1 aliphatic carbocycles. The fourth-order valence-electron chi connectivity index (χ4n) is 2.21. The molecule has 0 unspecified atom stereocenters. The molecule has 0 spiro atoms. The highest BCUT2D eigenvalue weighted by Crippen LogP contribution is 2.48. The van der Waals surface area contributed by atoms with Crippen LogP contribution in [0.3, 0.4) is 0 Å². The van der Waals surface area contributed by atoms with Crippen molar-refractivity contribution >= 4 is 16.1 Å². The SMILES string of the molecule is CN(C)[C@H]1[C@@H]2CN(Br)C[C@@H]21. The summed E-state index contributed by atoms with van der Waals surface area (Å²) in [5.74, 6) is 1.91. The number of hydrogen-bond acceptors (Lipinski definition) is 2. The van der Waals surface area contributed by atoms with Gasteiger partial charge in [0.05, 0.1) is 0 Å². The number of fused-ring (bicyclic) bond motifs is 1. The van der Waals surface area contributed by atoms with Gasteiger partial charge in [-0.3, -0.25) is 0 Å². The molecule has 1 aliphatic heterocycles. The minimum Gasteiger partial charge on any atom is -0.306 e. The number of halogens is 1. The van der Waals surface area contributed by atoms with E-state index in [4.69, 9.17) is 0 Å². The molecule has 3 atom stereocenters. The van der Waals surface area contributed by atoms with Crippen LogP contribution < -0.4 is 0 Å². The highest BCUT2D eigenvalue weighted by Gasteiger charge is 2.56. The fraction of sp³-hybridized carbons (Fsp3) is 1.00. The monoisotopic (exact) mass is 204 g/mol. The molecule has 0 aromatic heterocycles. The minimum absolute atomic E-state index is 0.883. The van der Waals surface area contributed by atoms with Gasteiger partial charge in [-0.15, -0.1) is 0 Å². The number of piperidine rings is 1. The average molecular weight is 205 g/mol. The third kappa shape index (κ3) is 0.917. The van der Waals surface area contributed by atoms with Gasteiger partial charge in [0.2, 0.25) is 0 Å². The van der Waals surface area contributed by atoms with Gasteiger partial charge in [-0.2, -0.15) is 0 Å². The summed E-state index contributed by atoms with van der Waals surface area (Å²) in [5.41, 5.74) is 0. The lowest BCUT2D eigenvalue weighted by Gasteiger charge is -2.15. The summed E-state index contributed by atoms with van der Waals surface area (Å²) in [5, 5.41) is 0. The van der Waals surface area contributed by atoms with Crippen molar-refractivity contribution in [1.82, 2.24) is 8.83 Å². The lowest BCUT2D eigenvalue weighted by Crippen LogP contribution is -2.25. The molecular formula is C7H13BrN2. The van der Waals surface area contributed by atoms with Gasteiger partial charge >= 0.3 is 0 Å². The molecule has 2 fully saturated rings. The van der Waals surface area contributed by atoms with Crippen LogP contribution in [0.2, 0.25) is 0 Å². The third-order valence-corrected chi connectivity index (χ3v) is 3.28. The van der Waals surface area contributed by atoms with Crippen molar-refractivity contribution in [2.24, 2.45) is 11.8 Å². The molecule has 0 radical (unpaired) electrons. The van der Waals surface area contributed by atoms with Crippen LogP contribution in [-0.4, -0.2) is 42.1 Å². The van der Waals surface area contributed by atoms with Crippen LogP contribution in [-0.2, 0) is 0 Å². The summed E-state index contributed by atoms with van der Waals surface area (Å²) in [6.07, 6.45) is 0. The number of rotatable bonds is 1. The molecular weight excluding hydrogens is 192 g/mol. The van der Waals surface area contributed by atoms with Gasteiger partial charge in [0.25, 0.3) is 0 Å². The summed E-state index contributed by atoms with van der Waals surface area (Å²) < 4.78 is 2.25. The van der Waals surface area contributed by atoms with Crippen LogP contribution in [0.1, 0.15) is 0 Å². The molecule has 10 heavy (non-hydrogen) atoms. The van der Waals surface area contributed by atoms with Gasteiger partial charge in [-0.05, 0) is 25.9 Å². The van der Waals surface area contributed by atoms with Crippen molar-refractivity contribution in [1.29, 1.82) is 0 Å². The highest BCUT2D eigenvalue weighted by molar-refractivity contribution is 9.07. The van der Waals surface area contributed by atoms with Crippen molar-refractivity contribution in [3.05, 3.63) is 0 Å². The Balaban J connectivity index is 1.92. The summed E-state index contributed by atoms with van der Waals surface area (Å²) >= 11 is 3.50. The fourth-order valence-corrected chi connectivity index (χ4v) is 2.88. The minimum atomic E-state index is 0.883. The zero-order chi connectivity index (χ0) is 7.30. The lowest BCUT2D eigenvalue weighted by atomic mass is 10.4. The van der Waals surface area contributed by atoms with Crippen LogP contribution in [0.5, 0.6) is 0 Å². The van der Waals surface area contributed by atoms with E-state index in [1.165, 1.54) is 13.1 Å². The van der Waals surface area contributed by atoms with E-state index in [9.17, 15) is 0 Å². The smallest absolute Gasteiger partial charge is 0.0178 e. The van der Waals surface area contributed by atoms with Gasteiger partial charge in [-0.25, -0.2) is 3.93 Å². The Bertz CT molecular complexity index is 137. The predicted octanol–water partition coefficient (Wildman–Crippen LogP) is 0.788. The molecule has 0 aromatic rings. The van der Waals surface area contributed by atoms with E-state index in [1.807, 2.05) is 0 Å². The van der Waals surface area contributed by atoms with E-state index in [0.717, 1.165) is 17.9 Å². The van der Waals surface area contributed by atoms with E-state index in [0.29, 0.717) is 0 Å². The topological polar surface area (TPSA) is 6.48 Å². The van der Waals surface area contributed by atoms with Gasteiger partial charge in [0, 0.05) is 35.3 Å². The van der Waals surface area contributed by atoms with E-state index in [2.05, 4.69) is 39.1 Å². The number of nitrogens with zero attached hydrogens (tertiary/aromatic N) is 2. The van der Waals surface area contributed by atoms with Gasteiger partial charge in [0.15, 0.2) is 0 Å². The molecule has 1 saturated heterocycles. The molecule has 58 valence electrons. The van der Waals surface area contributed by atoms with Crippen LogP contribution >= 0.6 is 16.1 Å². The molecule has 2 nitrogen and oxygen atoms in total. The molecule has 0 amide bonds. The summed E-state index contributed by atoms with van der Waals surface area (Å²) in [4.78, 5) is 2.36. The number of hydrogen-bond donors (Lipinski definition) is 0. The molecule has 2 rings (SSSR count). The molecule has 3 heteroatoms. The van der Waals surface area contributed by atoms with E-state index in [-0.39, 0.29) is 0 Å². The average Bonchev–Trinajstić information content (AvgIpc) is 2.32. The Hall–Kier alpha value is 0.400. The second kappa shape index (κ2) is 2.19. The largest absolute Gasteiger partial charge is 0.306 e. The zero-order valence-corrected chi connectivity index (χ0v) is 8.00. The first kappa shape index (κ1) is 7.07. The Morgan fingerprint density at radius 1 is 1.30 bits per heavy atom. The molecule has 2 aliphatic rings. The lowest BCUT2D eigenvalue weighted by molar-refractivity contribution is 0.327. The first-order valence-corrected chi connectivity index (χ1v) is 4.48. The Morgan fingerprint density at radius 3 is 2.20 bits per heavy atom. The summed E-state index contributed by atoms with van der Waals surface area (Å²) in [6.45, 7) is 2.49. The van der Waals surface area contributed by atoms with Crippen LogP contribution in [0.15, 0.2) is 0 Å². The predicted molar refractivity (Wildman–Crippen MR) is 45.0 cm³/mol. The maximum atomic E-state index is 3.50. The first-order valence-electron chi connectivity index (χ1n) is 3.77. The van der Waals surface area contributed by atoms with Crippen molar-refractivity contribution in [3.8, 4) is 0 Å². The first-order chi connectivity index (χ1) is 4.70. The van der Waals surface area contributed by atoms with Crippen LogP contribution in [0, 0.1) is 11.8 Å². The summed E-state index contributed by atoms with van der Waals surface area (Å²) in [7, 11) is 4.36. The van der Waals surface area contributed by atoms with E-state index < -0.39 is 0 Å². The van der Waals surface area contributed by atoms with Crippen LogP contribution in [0.4, 0.5) is 0 Å². The standard InChI is InChI=1S/C7H13BrN2/c1-9(2)7-5-3-10(8)4-6(5)7/h5-7H,3-4H2,1-2H3/t5-,6+,7+. The maximum absolute atomic E-state index is 3.50. The second-order valence-corrected chi connectivity index (χ2v) is 4.61. The van der Waals surface area contributed by atoms with Crippen molar-refractivity contribution in [2.45, 2.75) is 6.04 Å². The Kier molecular flexibility index (Phi) is 1.55. The van der Waals surface area contributed by atoms with Gasteiger partial charge in [0.1, 0.15) is 0 Å². The Labute approximate surface area is 70.5 Å². The maximum Gasteiger partial charge on any atom is 0.0178 e. The second-order valence-electron chi connectivity index (χ2n) is 3.61. The zero-order valence-electron chi connectivity index (χ0n) is 6.42. The molecule has 1 heterocycles. The third-order valence-electron chi connectivity index (χ3n) is 2.70. The quantitative estimate of drug-likeness (QED) is 0.584. The Morgan fingerprint density at radius 2 is 1.80 bits per heavy atom. The van der Waals surface area contributed by atoms with Crippen LogP contribution in [0.25, 0.3) is 0 Å². The molecule has 1 saturated carbocycles. The van der Waals surface area contributed by atoms with E-state index in [1.54, 1.807) is 0 Å². The molecule has 0 aromatic carbocycles. The van der Waals surface area contributed by atoms with E-state index >= 15 is 0 Å². The van der Waals surface area contributed by atoms with Crippen molar-refractivity contribution < 1.29 is 0 Å². The van der Waals surface area contributed by atoms with Gasteiger partial charge in [-0.1, -0.05) is 0 Å². The summed E-state index contributed by atoms with van der Waals surface area (Å²) in [6, 6.07) is 0.883. The van der Waals surface area contributed by atoms with Crippen molar-refractivity contribution in [2.75, 3.05) is 27.2 Å². The molecule has 0 N–H and O–H groups in total. The van der Waals surface area contributed by atoms with Gasteiger partial charge < -0.3 is 4.90 Å². The van der Waals surface area contributed by atoms with Crippen molar-refractivity contribution in [3.63, 3.8) is 0 Å².